The maximum atomic E-state index is 6.45. The van der Waals surface area contributed by atoms with Crippen molar-refractivity contribution >= 4 is 45.0 Å². The molecular weight excluding hydrogens is 373 g/mol. The summed E-state index contributed by atoms with van der Waals surface area (Å²) >= 11 is 12.9. The quantitative estimate of drug-likeness (QED) is 0.299. The van der Waals surface area contributed by atoms with Crippen molar-refractivity contribution in [3.05, 3.63) is 74.3 Å². The number of pyridine rings is 1. The van der Waals surface area contributed by atoms with E-state index in [-0.39, 0.29) is 0 Å². The Hall–Kier alpha value is -2.09. The van der Waals surface area contributed by atoms with E-state index >= 15 is 0 Å². The number of rotatable bonds is 1. The molecule has 4 rings (SSSR count). The molecule has 0 fully saturated rings. The van der Waals surface area contributed by atoms with Gasteiger partial charge in [0.25, 0.3) is 0 Å². The topological polar surface area (TPSA) is 12.9 Å². The third-order valence-corrected chi connectivity index (χ3v) is 5.66. The van der Waals surface area contributed by atoms with Gasteiger partial charge in [-0.2, -0.15) is 0 Å². The van der Waals surface area contributed by atoms with Crippen molar-refractivity contribution in [3.63, 3.8) is 0 Å². The zero-order chi connectivity index (χ0) is 19.5. The normalized spacial score (nSPS) is 11.5. The number of fused-ring (bicyclic) bond motifs is 2. The molecule has 0 saturated heterocycles. The van der Waals surface area contributed by atoms with Gasteiger partial charge in [0.1, 0.15) is 0 Å². The number of hydrogen-bond acceptors (Lipinski definition) is 1. The van der Waals surface area contributed by atoms with E-state index in [0.717, 1.165) is 43.0 Å². The first kappa shape index (κ1) is 18.3. The first-order valence-corrected chi connectivity index (χ1v) is 9.80. The Kier molecular flexibility index (Phi) is 4.41. The van der Waals surface area contributed by atoms with Gasteiger partial charge in [0, 0.05) is 26.4 Å². The van der Waals surface area contributed by atoms with E-state index in [1.165, 1.54) is 27.8 Å². The second kappa shape index (κ2) is 6.51. The van der Waals surface area contributed by atoms with Gasteiger partial charge in [-0.1, -0.05) is 40.9 Å². The third-order valence-electron chi connectivity index (χ3n) is 5.22. The maximum absolute atomic E-state index is 6.45. The lowest BCUT2D eigenvalue weighted by Gasteiger charge is -2.18. The predicted octanol–water partition coefficient (Wildman–Crippen LogP) is 7.90. The molecule has 0 amide bonds. The Morgan fingerprint density at radius 2 is 1.00 bits per heavy atom. The Balaban J connectivity index is 2.33. The molecule has 0 bridgehead atoms. The van der Waals surface area contributed by atoms with Gasteiger partial charge in [-0.05, 0) is 86.7 Å². The van der Waals surface area contributed by atoms with Crippen molar-refractivity contribution in [3.8, 4) is 11.1 Å². The average molecular weight is 394 g/mol. The number of benzene rings is 3. The van der Waals surface area contributed by atoms with Crippen LogP contribution in [0.2, 0.25) is 10.0 Å². The van der Waals surface area contributed by atoms with Crippen molar-refractivity contribution in [1.29, 1.82) is 0 Å². The summed E-state index contributed by atoms with van der Waals surface area (Å²) in [4.78, 5) is 5.00. The lowest BCUT2D eigenvalue weighted by atomic mass is 9.88. The molecule has 1 heterocycles. The molecule has 0 N–H and O–H groups in total. The molecule has 0 aliphatic rings. The fourth-order valence-electron chi connectivity index (χ4n) is 4.25. The fraction of sp³-hybridized carbons (Fsp3) is 0.208. The van der Waals surface area contributed by atoms with Crippen LogP contribution < -0.4 is 0 Å². The summed E-state index contributed by atoms with van der Waals surface area (Å²) in [6.07, 6.45) is 0. The minimum absolute atomic E-state index is 0.726. The van der Waals surface area contributed by atoms with Crippen molar-refractivity contribution < 1.29 is 0 Å². The van der Waals surface area contributed by atoms with Gasteiger partial charge in [-0.3, -0.25) is 0 Å². The molecule has 0 atom stereocenters. The van der Waals surface area contributed by atoms with E-state index in [9.17, 15) is 0 Å². The van der Waals surface area contributed by atoms with Crippen LogP contribution in [0, 0.1) is 34.6 Å². The van der Waals surface area contributed by atoms with Gasteiger partial charge < -0.3 is 0 Å². The highest BCUT2D eigenvalue weighted by molar-refractivity contribution is 6.33. The van der Waals surface area contributed by atoms with Crippen LogP contribution in [0.25, 0.3) is 32.9 Å². The molecule has 136 valence electrons. The first-order chi connectivity index (χ1) is 12.8. The molecule has 0 aliphatic heterocycles. The van der Waals surface area contributed by atoms with Crippen LogP contribution in [0.15, 0.2) is 36.4 Å². The molecule has 0 unspecified atom stereocenters. The molecule has 0 spiro atoms. The number of halogens is 2. The molecular formula is C24H21Cl2N. The van der Waals surface area contributed by atoms with Crippen LogP contribution in [0.5, 0.6) is 0 Å². The van der Waals surface area contributed by atoms with Crippen molar-refractivity contribution in [1.82, 2.24) is 4.98 Å². The van der Waals surface area contributed by atoms with Gasteiger partial charge in [-0.15, -0.1) is 0 Å². The highest BCUT2D eigenvalue weighted by Gasteiger charge is 2.18. The molecule has 27 heavy (non-hydrogen) atoms. The van der Waals surface area contributed by atoms with Crippen LogP contribution in [-0.2, 0) is 0 Å². The minimum Gasteiger partial charge on any atom is -0.247 e. The van der Waals surface area contributed by atoms with Crippen LogP contribution in [0.3, 0.4) is 0 Å². The van der Waals surface area contributed by atoms with Gasteiger partial charge >= 0.3 is 0 Å². The van der Waals surface area contributed by atoms with Crippen LogP contribution in [-0.4, -0.2) is 4.98 Å². The van der Waals surface area contributed by atoms with E-state index in [0.29, 0.717) is 0 Å². The summed E-state index contributed by atoms with van der Waals surface area (Å²) < 4.78 is 0. The predicted molar refractivity (Wildman–Crippen MR) is 118 cm³/mol. The number of aryl methyl sites for hydroxylation is 5. The first-order valence-electron chi connectivity index (χ1n) is 9.04. The van der Waals surface area contributed by atoms with Gasteiger partial charge in [0.15, 0.2) is 0 Å². The van der Waals surface area contributed by atoms with E-state index in [2.05, 4.69) is 46.8 Å². The van der Waals surface area contributed by atoms with Crippen LogP contribution in [0.4, 0.5) is 0 Å². The van der Waals surface area contributed by atoms with E-state index in [1.807, 2.05) is 24.3 Å². The highest BCUT2D eigenvalue weighted by Crippen LogP contribution is 2.41. The van der Waals surface area contributed by atoms with E-state index in [4.69, 9.17) is 28.2 Å². The molecule has 3 aromatic carbocycles. The van der Waals surface area contributed by atoms with Crippen molar-refractivity contribution in [2.24, 2.45) is 0 Å². The average Bonchev–Trinajstić information content (AvgIpc) is 2.54. The van der Waals surface area contributed by atoms with E-state index < -0.39 is 0 Å². The molecule has 1 aromatic heterocycles. The summed E-state index contributed by atoms with van der Waals surface area (Å²) in [6.45, 7) is 10.6. The Morgan fingerprint density at radius 1 is 0.556 bits per heavy atom. The molecule has 0 saturated carbocycles. The summed E-state index contributed by atoms with van der Waals surface area (Å²) in [5.74, 6) is 0. The summed E-state index contributed by atoms with van der Waals surface area (Å²) in [7, 11) is 0. The summed E-state index contributed by atoms with van der Waals surface area (Å²) in [6, 6.07) is 12.5. The van der Waals surface area contributed by atoms with Gasteiger partial charge in [-0.25, -0.2) is 4.98 Å². The second-order valence-corrected chi connectivity index (χ2v) is 8.37. The summed E-state index contributed by atoms with van der Waals surface area (Å²) in [5, 5.41) is 3.60. The van der Waals surface area contributed by atoms with Crippen molar-refractivity contribution in [2.75, 3.05) is 0 Å². The van der Waals surface area contributed by atoms with Crippen molar-refractivity contribution in [2.45, 2.75) is 34.6 Å². The smallest absolute Gasteiger partial charge is 0.0746 e. The van der Waals surface area contributed by atoms with Gasteiger partial charge in [0.05, 0.1) is 11.0 Å². The summed E-state index contributed by atoms with van der Waals surface area (Å²) in [5.41, 5.74) is 10.3. The lowest BCUT2D eigenvalue weighted by molar-refractivity contribution is 1.32. The second-order valence-electron chi connectivity index (χ2n) is 7.50. The Bertz CT molecular complexity index is 1150. The zero-order valence-electron chi connectivity index (χ0n) is 16.2. The highest BCUT2D eigenvalue weighted by atomic mass is 35.5. The molecule has 0 radical (unpaired) electrons. The zero-order valence-corrected chi connectivity index (χ0v) is 17.7. The Morgan fingerprint density at radius 3 is 1.44 bits per heavy atom. The van der Waals surface area contributed by atoms with Crippen LogP contribution >= 0.6 is 23.2 Å². The number of nitrogens with zero attached hydrogens (tertiary/aromatic N) is 1. The van der Waals surface area contributed by atoms with Crippen LogP contribution in [0.1, 0.15) is 27.8 Å². The third kappa shape index (κ3) is 2.99. The molecule has 4 aromatic rings. The van der Waals surface area contributed by atoms with E-state index in [1.54, 1.807) is 0 Å². The number of hydrogen-bond donors (Lipinski definition) is 0. The maximum Gasteiger partial charge on any atom is 0.0746 e. The molecule has 3 heteroatoms. The standard InChI is InChI=1S/C24H21Cl2N/c1-12-6-13(2)21(14(3)7-12)22-19-10-17(25)8-15(4)23(19)27-24-16(5)9-18(26)11-20(22)24/h6-11H,1-5H3. The molecule has 0 aliphatic carbocycles. The Labute approximate surface area is 170 Å². The molecule has 1 nitrogen and oxygen atoms in total. The largest absolute Gasteiger partial charge is 0.247 e. The SMILES string of the molecule is Cc1cc(C)c(-c2c3cc(Cl)cc(C)c3nc3c(C)cc(Cl)cc23)c(C)c1. The fourth-order valence-corrected chi connectivity index (χ4v) is 4.80. The van der Waals surface area contributed by atoms with Gasteiger partial charge in [0.2, 0.25) is 0 Å². The minimum atomic E-state index is 0.726. The monoisotopic (exact) mass is 393 g/mol. The lowest BCUT2D eigenvalue weighted by Crippen LogP contribution is -1.97. The number of aromatic nitrogens is 1.